The number of halogens is 1. The molecule has 0 fully saturated rings. The number of rotatable bonds is 4. The molecule has 2 N–H and O–H groups in total. The molecule has 0 amide bonds. The lowest BCUT2D eigenvalue weighted by molar-refractivity contribution is -0.143. The Labute approximate surface area is 168 Å². The molecule has 2 heterocycles. The van der Waals surface area contributed by atoms with E-state index < -0.39 is 11.9 Å². The molecule has 0 aliphatic carbocycles. The quantitative estimate of drug-likeness (QED) is 0.791. The standard InChI is InChI=1S/C22H20FN3O3/c1-12(2)28-22(27)19-13(3)29-21(25)18(9-24)20(19)16-8-15(10-26-11-16)14-4-6-17(23)7-5-14/h4-8,10-12,20H,25H2,1-3H3/t20-/m1/s1. The first-order valence-corrected chi connectivity index (χ1v) is 9.02. The predicted molar refractivity (Wildman–Crippen MR) is 104 cm³/mol. The van der Waals surface area contributed by atoms with E-state index in [1.54, 1.807) is 51.4 Å². The number of benzene rings is 1. The lowest BCUT2D eigenvalue weighted by Gasteiger charge is -2.27. The van der Waals surface area contributed by atoms with Gasteiger partial charge in [-0.05, 0) is 50.1 Å². The number of esters is 1. The minimum absolute atomic E-state index is 0.0664. The summed E-state index contributed by atoms with van der Waals surface area (Å²) in [6, 6.07) is 9.79. The van der Waals surface area contributed by atoms with Gasteiger partial charge in [0.15, 0.2) is 0 Å². The van der Waals surface area contributed by atoms with Crippen LogP contribution in [-0.4, -0.2) is 17.1 Å². The average molecular weight is 393 g/mol. The minimum Gasteiger partial charge on any atom is -0.459 e. The molecule has 3 rings (SSSR count). The van der Waals surface area contributed by atoms with Gasteiger partial charge < -0.3 is 15.2 Å². The highest BCUT2D eigenvalue weighted by Crippen LogP contribution is 2.40. The van der Waals surface area contributed by atoms with E-state index in [4.69, 9.17) is 15.2 Å². The number of pyridine rings is 1. The van der Waals surface area contributed by atoms with Gasteiger partial charge in [0.25, 0.3) is 0 Å². The van der Waals surface area contributed by atoms with Crippen molar-refractivity contribution in [2.45, 2.75) is 32.8 Å². The summed E-state index contributed by atoms with van der Waals surface area (Å²) in [5, 5.41) is 9.67. The van der Waals surface area contributed by atoms with E-state index in [2.05, 4.69) is 4.98 Å². The van der Waals surface area contributed by atoms with Crippen LogP contribution < -0.4 is 5.73 Å². The third-order valence-electron chi connectivity index (χ3n) is 4.44. The zero-order valence-electron chi connectivity index (χ0n) is 16.3. The summed E-state index contributed by atoms with van der Waals surface area (Å²) in [7, 11) is 0. The van der Waals surface area contributed by atoms with Gasteiger partial charge in [-0.1, -0.05) is 12.1 Å². The molecule has 1 aromatic heterocycles. The van der Waals surface area contributed by atoms with Crippen LogP contribution >= 0.6 is 0 Å². The van der Waals surface area contributed by atoms with Crippen LogP contribution in [-0.2, 0) is 14.3 Å². The minimum atomic E-state index is -0.784. The maximum atomic E-state index is 13.3. The number of nitrogens with zero attached hydrogens (tertiary/aromatic N) is 2. The fraction of sp³-hybridized carbons (Fsp3) is 0.227. The SMILES string of the molecule is CC1=C(C(=O)OC(C)C)[C@H](c2cncc(-c3ccc(F)cc3)c2)C(C#N)=C(N)O1. The van der Waals surface area contributed by atoms with E-state index in [1.165, 1.54) is 12.1 Å². The van der Waals surface area contributed by atoms with Crippen LogP contribution in [0.4, 0.5) is 4.39 Å². The van der Waals surface area contributed by atoms with Gasteiger partial charge in [0.2, 0.25) is 5.88 Å². The van der Waals surface area contributed by atoms with Crippen LogP contribution in [0.15, 0.2) is 65.5 Å². The number of nitrogens with two attached hydrogens (primary N) is 1. The second-order valence-electron chi connectivity index (χ2n) is 6.86. The number of hydrogen-bond acceptors (Lipinski definition) is 6. The third kappa shape index (κ3) is 4.11. The summed E-state index contributed by atoms with van der Waals surface area (Å²) in [6.07, 6.45) is 2.84. The third-order valence-corrected chi connectivity index (χ3v) is 4.44. The molecule has 2 aromatic rings. The molecule has 1 aliphatic rings. The largest absolute Gasteiger partial charge is 0.459 e. The molecule has 29 heavy (non-hydrogen) atoms. The van der Waals surface area contributed by atoms with Crippen molar-refractivity contribution in [3.63, 3.8) is 0 Å². The number of carbonyl (C=O) groups is 1. The Balaban J connectivity index is 2.12. The molecule has 0 saturated heterocycles. The van der Waals surface area contributed by atoms with Crippen LogP contribution in [0.1, 0.15) is 32.3 Å². The summed E-state index contributed by atoms with van der Waals surface area (Å²) in [5.74, 6) is -1.52. The molecule has 1 atom stereocenters. The number of nitriles is 1. The fourth-order valence-electron chi connectivity index (χ4n) is 3.17. The van der Waals surface area contributed by atoms with Crippen molar-refractivity contribution >= 4 is 5.97 Å². The Morgan fingerprint density at radius 2 is 1.97 bits per heavy atom. The van der Waals surface area contributed by atoms with Gasteiger partial charge in [-0.15, -0.1) is 0 Å². The van der Waals surface area contributed by atoms with Crippen LogP contribution in [0.5, 0.6) is 0 Å². The maximum Gasteiger partial charge on any atom is 0.338 e. The van der Waals surface area contributed by atoms with Crippen molar-refractivity contribution in [3.05, 3.63) is 76.9 Å². The van der Waals surface area contributed by atoms with Gasteiger partial charge in [-0.25, -0.2) is 9.18 Å². The monoisotopic (exact) mass is 393 g/mol. The van der Waals surface area contributed by atoms with Crippen molar-refractivity contribution in [3.8, 4) is 17.2 Å². The van der Waals surface area contributed by atoms with E-state index in [0.29, 0.717) is 11.1 Å². The number of carbonyl (C=O) groups excluding carboxylic acids is 1. The van der Waals surface area contributed by atoms with Gasteiger partial charge >= 0.3 is 5.97 Å². The smallest absolute Gasteiger partial charge is 0.338 e. The summed E-state index contributed by atoms with van der Waals surface area (Å²) in [6.45, 7) is 5.07. The lowest BCUT2D eigenvalue weighted by Crippen LogP contribution is -2.26. The molecule has 7 heteroatoms. The van der Waals surface area contributed by atoms with E-state index in [1.807, 2.05) is 6.07 Å². The zero-order valence-corrected chi connectivity index (χ0v) is 16.3. The van der Waals surface area contributed by atoms with E-state index in [-0.39, 0.29) is 34.7 Å². The molecule has 1 aliphatic heterocycles. The van der Waals surface area contributed by atoms with E-state index in [9.17, 15) is 14.4 Å². The van der Waals surface area contributed by atoms with E-state index in [0.717, 1.165) is 5.56 Å². The van der Waals surface area contributed by atoms with Crippen LogP contribution in [0, 0.1) is 17.1 Å². The van der Waals surface area contributed by atoms with Gasteiger partial charge in [0.05, 0.1) is 17.6 Å². The van der Waals surface area contributed by atoms with Crippen LogP contribution in [0.25, 0.3) is 11.1 Å². The van der Waals surface area contributed by atoms with Crippen LogP contribution in [0.2, 0.25) is 0 Å². The average Bonchev–Trinajstić information content (AvgIpc) is 2.67. The highest BCUT2D eigenvalue weighted by Gasteiger charge is 2.37. The Morgan fingerprint density at radius 1 is 1.28 bits per heavy atom. The first kappa shape index (κ1) is 20.1. The first-order valence-electron chi connectivity index (χ1n) is 9.02. The van der Waals surface area contributed by atoms with Gasteiger partial charge in [0.1, 0.15) is 23.2 Å². The van der Waals surface area contributed by atoms with Gasteiger partial charge in [0, 0.05) is 18.0 Å². The molecule has 148 valence electrons. The Hall–Kier alpha value is -3.66. The highest BCUT2D eigenvalue weighted by atomic mass is 19.1. The lowest BCUT2D eigenvalue weighted by atomic mass is 9.83. The zero-order chi connectivity index (χ0) is 21.1. The second kappa shape index (κ2) is 8.15. The summed E-state index contributed by atoms with van der Waals surface area (Å²) < 4.78 is 24.0. The topological polar surface area (TPSA) is 98.2 Å². The highest BCUT2D eigenvalue weighted by molar-refractivity contribution is 5.92. The van der Waals surface area contributed by atoms with Crippen molar-refractivity contribution in [1.29, 1.82) is 5.26 Å². The molecule has 0 saturated carbocycles. The number of hydrogen-bond donors (Lipinski definition) is 1. The van der Waals surface area contributed by atoms with Gasteiger partial charge in [-0.3, -0.25) is 4.98 Å². The second-order valence-corrected chi connectivity index (χ2v) is 6.86. The van der Waals surface area contributed by atoms with E-state index >= 15 is 0 Å². The Kier molecular flexibility index (Phi) is 5.64. The number of ether oxygens (including phenoxy) is 2. The molecule has 0 unspecified atom stereocenters. The molecular formula is C22H20FN3O3. The Bertz CT molecular complexity index is 1050. The van der Waals surface area contributed by atoms with Crippen molar-refractivity contribution < 1.29 is 18.7 Å². The van der Waals surface area contributed by atoms with Gasteiger partial charge in [-0.2, -0.15) is 5.26 Å². The molecular weight excluding hydrogens is 373 g/mol. The molecule has 0 bridgehead atoms. The summed E-state index contributed by atoms with van der Waals surface area (Å²) in [5.41, 5.74) is 8.25. The van der Waals surface area contributed by atoms with Crippen LogP contribution in [0.3, 0.4) is 0 Å². The first-order chi connectivity index (χ1) is 13.8. The fourth-order valence-corrected chi connectivity index (χ4v) is 3.17. The molecule has 6 nitrogen and oxygen atoms in total. The number of aromatic nitrogens is 1. The Morgan fingerprint density at radius 3 is 2.59 bits per heavy atom. The summed E-state index contributed by atoms with van der Waals surface area (Å²) >= 11 is 0. The maximum absolute atomic E-state index is 13.3. The normalized spacial score (nSPS) is 16.5. The molecule has 0 radical (unpaired) electrons. The summed E-state index contributed by atoms with van der Waals surface area (Å²) in [4.78, 5) is 17.0. The van der Waals surface area contributed by atoms with Crippen molar-refractivity contribution in [2.24, 2.45) is 5.73 Å². The number of allylic oxidation sites excluding steroid dienone is 2. The molecule has 1 aromatic carbocycles. The molecule has 0 spiro atoms. The van der Waals surface area contributed by atoms with Crippen molar-refractivity contribution in [2.75, 3.05) is 0 Å². The van der Waals surface area contributed by atoms with Crippen molar-refractivity contribution in [1.82, 2.24) is 4.98 Å². The predicted octanol–water partition coefficient (Wildman–Crippen LogP) is 3.92.